The molecule has 0 atom stereocenters. The third-order valence-electron chi connectivity index (χ3n) is 3.43. The number of hydrogen-bond donors (Lipinski definition) is 0. The third kappa shape index (κ3) is 2.77. The van der Waals surface area contributed by atoms with Crippen LogP contribution in [-0.4, -0.2) is 33.3 Å². The predicted molar refractivity (Wildman–Crippen MR) is 77.2 cm³/mol. The number of carbonyl (C=O) groups excluding carboxylic acids is 1. The van der Waals surface area contributed by atoms with E-state index < -0.39 is 11.7 Å². The van der Waals surface area contributed by atoms with Crippen LogP contribution < -0.4 is 0 Å². The fourth-order valence-electron chi connectivity index (χ4n) is 2.29. The molecular formula is C14H15ClF3N3O. The number of fused-ring (bicyclic) bond motifs is 1. The highest BCUT2D eigenvalue weighted by Gasteiger charge is 2.33. The number of alkyl halides is 3. The highest BCUT2D eigenvalue weighted by Crippen LogP contribution is 2.33. The molecule has 0 saturated heterocycles. The number of hydrogen-bond acceptors (Lipinski definition) is 2. The van der Waals surface area contributed by atoms with E-state index in [1.807, 2.05) is 0 Å². The number of nitrogens with zero attached hydrogens (tertiary/aromatic N) is 3. The van der Waals surface area contributed by atoms with E-state index in [-0.39, 0.29) is 22.3 Å². The van der Waals surface area contributed by atoms with Crippen molar-refractivity contribution < 1.29 is 18.0 Å². The molecule has 2 aromatic rings. The van der Waals surface area contributed by atoms with Gasteiger partial charge in [-0.1, -0.05) is 11.6 Å². The lowest BCUT2D eigenvalue weighted by Crippen LogP contribution is -2.32. The van der Waals surface area contributed by atoms with E-state index in [1.165, 1.54) is 4.90 Å². The molecule has 0 saturated carbocycles. The summed E-state index contributed by atoms with van der Waals surface area (Å²) in [5.74, 6) is -0.370. The van der Waals surface area contributed by atoms with Crippen LogP contribution in [0.4, 0.5) is 13.2 Å². The predicted octanol–water partition coefficient (Wildman–Crippen LogP) is 3.80. The Labute approximate surface area is 130 Å². The maximum absolute atomic E-state index is 12.9. The Balaban J connectivity index is 2.72. The van der Waals surface area contributed by atoms with Gasteiger partial charge in [-0.15, -0.1) is 0 Å². The normalized spacial score (nSPS) is 12.0. The number of amides is 1. The molecule has 120 valence electrons. The third-order valence-corrected chi connectivity index (χ3v) is 3.71. The molecule has 0 unspecified atom stereocenters. The lowest BCUT2D eigenvalue weighted by Gasteiger charge is -2.19. The summed E-state index contributed by atoms with van der Waals surface area (Å²) >= 11 is 5.90. The summed E-state index contributed by atoms with van der Waals surface area (Å²) in [4.78, 5) is 18.2. The Morgan fingerprint density at radius 1 is 1.36 bits per heavy atom. The van der Waals surface area contributed by atoms with E-state index in [0.29, 0.717) is 18.8 Å². The van der Waals surface area contributed by atoms with Crippen LogP contribution in [0.3, 0.4) is 0 Å². The first-order valence-electron chi connectivity index (χ1n) is 6.75. The minimum atomic E-state index is -4.55. The summed E-state index contributed by atoms with van der Waals surface area (Å²) < 4.78 is 39.9. The molecule has 0 spiro atoms. The zero-order chi connectivity index (χ0) is 16.7. The molecule has 0 aromatic carbocycles. The summed E-state index contributed by atoms with van der Waals surface area (Å²) in [5, 5.41) is -0.142. The highest BCUT2D eigenvalue weighted by atomic mass is 35.5. The fraction of sp³-hybridized carbons (Fsp3) is 0.429. The largest absolute Gasteiger partial charge is 0.417 e. The molecule has 2 aromatic heterocycles. The van der Waals surface area contributed by atoms with Crippen molar-refractivity contribution in [2.75, 3.05) is 13.1 Å². The Kier molecular flexibility index (Phi) is 4.37. The molecule has 0 aliphatic carbocycles. The van der Waals surface area contributed by atoms with Crippen molar-refractivity contribution in [1.29, 1.82) is 0 Å². The summed E-state index contributed by atoms with van der Waals surface area (Å²) in [7, 11) is 0. The van der Waals surface area contributed by atoms with Gasteiger partial charge in [-0.05, 0) is 26.8 Å². The van der Waals surface area contributed by atoms with Crippen molar-refractivity contribution in [2.45, 2.75) is 26.9 Å². The molecule has 1 amide bonds. The first-order valence-corrected chi connectivity index (χ1v) is 7.13. The molecule has 4 nitrogen and oxygen atoms in total. The maximum Gasteiger partial charge on any atom is 0.417 e. The van der Waals surface area contributed by atoms with Crippen molar-refractivity contribution >= 4 is 23.2 Å². The van der Waals surface area contributed by atoms with Gasteiger partial charge in [-0.25, -0.2) is 4.98 Å². The highest BCUT2D eigenvalue weighted by molar-refractivity contribution is 6.33. The number of carbonyl (C=O) groups is 1. The molecule has 0 bridgehead atoms. The SMILES string of the molecule is CCN(CC)C(=O)c1c(C)nc2c(Cl)cc(C(F)(F)F)cn12. The Morgan fingerprint density at radius 2 is 1.95 bits per heavy atom. The van der Waals surface area contributed by atoms with Gasteiger partial charge in [-0.3, -0.25) is 9.20 Å². The van der Waals surface area contributed by atoms with Gasteiger partial charge in [0.2, 0.25) is 0 Å². The van der Waals surface area contributed by atoms with Crippen LogP contribution >= 0.6 is 11.6 Å². The van der Waals surface area contributed by atoms with Gasteiger partial charge in [0, 0.05) is 19.3 Å². The van der Waals surface area contributed by atoms with Crippen LogP contribution in [0.15, 0.2) is 12.3 Å². The second kappa shape index (κ2) is 5.79. The van der Waals surface area contributed by atoms with Crippen molar-refractivity contribution in [1.82, 2.24) is 14.3 Å². The molecular weight excluding hydrogens is 319 g/mol. The molecule has 2 heterocycles. The van der Waals surface area contributed by atoms with Crippen molar-refractivity contribution in [3.05, 3.63) is 34.2 Å². The van der Waals surface area contributed by atoms with E-state index in [2.05, 4.69) is 4.98 Å². The molecule has 2 rings (SSSR count). The lowest BCUT2D eigenvalue weighted by atomic mass is 10.2. The first kappa shape index (κ1) is 16.6. The van der Waals surface area contributed by atoms with Crippen molar-refractivity contribution in [3.63, 3.8) is 0 Å². The number of aromatic nitrogens is 2. The Morgan fingerprint density at radius 3 is 2.45 bits per heavy atom. The molecule has 0 N–H and O–H groups in total. The molecule has 0 radical (unpaired) electrons. The van der Waals surface area contributed by atoms with E-state index in [9.17, 15) is 18.0 Å². The second-order valence-corrected chi connectivity index (χ2v) is 5.20. The topological polar surface area (TPSA) is 37.6 Å². The number of aryl methyl sites for hydroxylation is 1. The van der Waals surface area contributed by atoms with E-state index in [0.717, 1.165) is 16.7 Å². The standard InChI is InChI=1S/C14H15ClF3N3O/c1-4-20(5-2)13(22)11-8(3)19-12-10(15)6-9(7-21(11)12)14(16,17)18/h6-7H,4-5H2,1-3H3. The molecule has 8 heteroatoms. The molecule has 0 aliphatic heterocycles. The molecule has 0 aliphatic rings. The zero-order valence-corrected chi connectivity index (χ0v) is 13.1. The smallest absolute Gasteiger partial charge is 0.338 e. The zero-order valence-electron chi connectivity index (χ0n) is 12.3. The van der Waals surface area contributed by atoms with Gasteiger partial charge in [-0.2, -0.15) is 13.2 Å². The van der Waals surface area contributed by atoms with Crippen LogP contribution in [0.5, 0.6) is 0 Å². The van der Waals surface area contributed by atoms with Gasteiger partial charge in [0.05, 0.1) is 16.3 Å². The van der Waals surface area contributed by atoms with Gasteiger partial charge in [0.25, 0.3) is 5.91 Å². The Bertz CT molecular complexity index is 720. The number of pyridine rings is 1. The van der Waals surface area contributed by atoms with Crippen LogP contribution in [0.25, 0.3) is 5.65 Å². The molecule has 22 heavy (non-hydrogen) atoms. The minimum Gasteiger partial charge on any atom is -0.338 e. The van der Waals surface area contributed by atoms with Crippen LogP contribution in [-0.2, 0) is 6.18 Å². The Hall–Kier alpha value is -1.76. The van der Waals surface area contributed by atoms with Crippen LogP contribution in [0.1, 0.15) is 35.6 Å². The van der Waals surface area contributed by atoms with E-state index >= 15 is 0 Å². The minimum absolute atomic E-state index is 0.103. The summed E-state index contributed by atoms with van der Waals surface area (Å²) in [5.41, 5.74) is -0.330. The summed E-state index contributed by atoms with van der Waals surface area (Å²) in [6, 6.07) is 0.814. The number of halogens is 4. The van der Waals surface area contributed by atoms with Gasteiger partial charge in [0.15, 0.2) is 5.65 Å². The number of rotatable bonds is 3. The fourth-order valence-corrected chi connectivity index (χ4v) is 2.54. The number of imidazole rings is 1. The lowest BCUT2D eigenvalue weighted by molar-refractivity contribution is -0.137. The van der Waals surface area contributed by atoms with Gasteiger partial charge < -0.3 is 4.90 Å². The monoisotopic (exact) mass is 333 g/mol. The maximum atomic E-state index is 12.9. The van der Waals surface area contributed by atoms with Gasteiger partial charge >= 0.3 is 6.18 Å². The average molecular weight is 334 g/mol. The molecule has 0 fully saturated rings. The van der Waals surface area contributed by atoms with Crippen LogP contribution in [0, 0.1) is 6.92 Å². The van der Waals surface area contributed by atoms with Gasteiger partial charge in [0.1, 0.15) is 5.69 Å². The first-order chi connectivity index (χ1) is 10.2. The average Bonchev–Trinajstić information content (AvgIpc) is 2.75. The van der Waals surface area contributed by atoms with E-state index in [4.69, 9.17) is 11.6 Å². The second-order valence-electron chi connectivity index (χ2n) is 4.79. The quantitative estimate of drug-likeness (QED) is 0.857. The van der Waals surface area contributed by atoms with E-state index in [1.54, 1.807) is 20.8 Å². The summed E-state index contributed by atoms with van der Waals surface area (Å²) in [6.07, 6.45) is -3.69. The van der Waals surface area contributed by atoms with Crippen LogP contribution in [0.2, 0.25) is 5.02 Å². The van der Waals surface area contributed by atoms with Crippen molar-refractivity contribution in [2.24, 2.45) is 0 Å². The van der Waals surface area contributed by atoms with Crippen molar-refractivity contribution in [3.8, 4) is 0 Å². The summed E-state index contributed by atoms with van der Waals surface area (Å²) in [6.45, 7) is 6.08.